The maximum Gasteiger partial charge on any atom is 0.341 e. The first-order valence-corrected chi connectivity index (χ1v) is 8.19. The number of anilines is 1. The maximum absolute atomic E-state index is 15.2. The molecule has 0 unspecified atom stereocenters. The van der Waals surface area contributed by atoms with Crippen LogP contribution in [0.15, 0.2) is 17.1 Å². The van der Waals surface area contributed by atoms with Crippen LogP contribution in [0.4, 0.5) is 14.5 Å². The van der Waals surface area contributed by atoms with Gasteiger partial charge < -0.3 is 25.8 Å². The third-order valence-corrected chi connectivity index (χ3v) is 4.90. The Balaban J connectivity index is 0.00000131. The average Bonchev–Trinajstić information content (AvgIpc) is 3.30. The standard InChI is InChI=1S/C17H17F2N3O3.ClH.H2O/c18-12-5-10-14(13(19)15(12)21-4-3-8(20)6-21)22(9-1-2-9)7-11(16(10)23)17(24)25;;/h5,7-9H,1-4,6,20H2,(H,24,25);1H;1H2/t8-;;/m0../s1. The van der Waals surface area contributed by atoms with Crippen LogP contribution in [0.3, 0.4) is 0 Å². The summed E-state index contributed by atoms with van der Waals surface area (Å²) < 4.78 is 31.3. The number of rotatable bonds is 3. The van der Waals surface area contributed by atoms with Crippen molar-refractivity contribution in [3.05, 3.63) is 39.7 Å². The summed E-state index contributed by atoms with van der Waals surface area (Å²) in [4.78, 5) is 25.3. The summed E-state index contributed by atoms with van der Waals surface area (Å²) in [6, 6.07) is 0.718. The molecule has 1 aromatic carbocycles. The fraction of sp³-hybridized carbons (Fsp3) is 0.412. The van der Waals surface area contributed by atoms with Crippen LogP contribution < -0.4 is 16.1 Å². The Morgan fingerprint density at radius 2 is 1.93 bits per heavy atom. The summed E-state index contributed by atoms with van der Waals surface area (Å²) in [5.41, 5.74) is 4.25. The second-order valence-corrected chi connectivity index (χ2v) is 6.73. The molecule has 2 heterocycles. The van der Waals surface area contributed by atoms with E-state index in [2.05, 4.69) is 0 Å². The molecule has 1 saturated heterocycles. The number of benzene rings is 1. The van der Waals surface area contributed by atoms with Crippen molar-refractivity contribution in [1.29, 1.82) is 0 Å². The van der Waals surface area contributed by atoms with Gasteiger partial charge in [-0.2, -0.15) is 0 Å². The summed E-state index contributed by atoms with van der Waals surface area (Å²) in [6.45, 7) is 0.765. The minimum absolute atomic E-state index is 0. The Bertz CT molecular complexity index is 962. The Kier molecular flexibility index (Phi) is 5.79. The predicted octanol–water partition coefficient (Wildman–Crippen LogP) is 1.45. The zero-order chi connectivity index (χ0) is 17.9. The van der Waals surface area contributed by atoms with Crippen molar-refractivity contribution in [2.45, 2.75) is 31.3 Å². The number of aromatic nitrogens is 1. The first-order chi connectivity index (χ1) is 11.9. The van der Waals surface area contributed by atoms with Gasteiger partial charge in [0.1, 0.15) is 17.1 Å². The van der Waals surface area contributed by atoms with Gasteiger partial charge in [-0.1, -0.05) is 0 Å². The van der Waals surface area contributed by atoms with Gasteiger partial charge in [0, 0.05) is 31.4 Å². The van der Waals surface area contributed by atoms with Crippen LogP contribution >= 0.6 is 12.4 Å². The molecule has 1 saturated carbocycles. The minimum atomic E-state index is -1.41. The number of carbonyl (C=O) groups is 1. The Labute approximate surface area is 159 Å². The van der Waals surface area contributed by atoms with Gasteiger partial charge in [-0.05, 0) is 25.3 Å². The van der Waals surface area contributed by atoms with E-state index in [1.807, 2.05) is 0 Å². The van der Waals surface area contributed by atoms with Crippen LogP contribution in [0.1, 0.15) is 35.7 Å². The topological polar surface area (TPSA) is 120 Å². The van der Waals surface area contributed by atoms with E-state index in [-0.39, 0.29) is 46.6 Å². The quantitative estimate of drug-likeness (QED) is 0.803. The molecule has 2 aromatic rings. The lowest BCUT2D eigenvalue weighted by Crippen LogP contribution is -2.28. The van der Waals surface area contributed by atoms with Crippen molar-refractivity contribution < 1.29 is 24.2 Å². The van der Waals surface area contributed by atoms with Gasteiger partial charge in [0.2, 0.25) is 5.43 Å². The van der Waals surface area contributed by atoms with E-state index in [0.717, 1.165) is 18.9 Å². The molecule has 0 amide bonds. The molecule has 2 fully saturated rings. The van der Waals surface area contributed by atoms with Crippen LogP contribution in [-0.4, -0.2) is 40.3 Å². The van der Waals surface area contributed by atoms with Gasteiger partial charge in [-0.15, -0.1) is 12.4 Å². The highest BCUT2D eigenvalue weighted by atomic mass is 35.5. The maximum atomic E-state index is 15.2. The van der Waals surface area contributed by atoms with Crippen molar-refractivity contribution in [2.75, 3.05) is 18.0 Å². The average molecular weight is 404 g/mol. The number of nitrogens with two attached hydrogens (primary N) is 1. The smallest absolute Gasteiger partial charge is 0.341 e. The van der Waals surface area contributed by atoms with Crippen molar-refractivity contribution in [2.24, 2.45) is 5.73 Å². The number of hydrogen-bond donors (Lipinski definition) is 2. The molecule has 2 aliphatic rings. The Morgan fingerprint density at radius 3 is 2.44 bits per heavy atom. The molecule has 27 heavy (non-hydrogen) atoms. The lowest BCUT2D eigenvalue weighted by atomic mass is 10.1. The third-order valence-electron chi connectivity index (χ3n) is 4.90. The van der Waals surface area contributed by atoms with Crippen LogP contribution in [0.25, 0.3) is 10.9 Å². The second-order valence-electron chi connectivity index (χ2n) is 6.73. The van der Waals surface area contributed by atoms with Crippen molar-refractivity contribution in [3.63, 3.8) is 0 Å². The highest BCUT2D eigenvalue weighted by molar-refractivity contribution is 5.94. The highest BCUT2D eigenvalue weighted by Gasteiger charge is 2.32. The number of carboxylic acids is 1. The van der Waals surface area contributed by atoms with Crippen LogP contribution in [-0.2, 0) is 0 Å². The Morgan fingerprint density at radius 1 is 1.26 bits per heavy atom. The van der Waals surface area contributed by atoms with Gasteiger partial charge in [0.25, 0.3) is 0 Å². The molecule has 1 atom stereocenters. The molecular weight excluding hydrogens is 384 g/mol. The van der Waals surface area contributed by atoms with Crippen molar-refractivity contribution in [1.82, 2.24) is 4.57 Å². The lowest BCUT2D eigenvalue weighted by Gasteiger charge is -2.22. The van der Waals surface area contributed by atoms with Crippen molar-refractivity contribution >= 4 is 35.0 Å². The fourth-order valence-electron chi connectivity index (χ4n) is 3.50. The molecule has 1 aromatic heterocycles. The molecule has 0 spiro atoms. The van der Waals surface area contributed by atoms with Gasteiger partial charge >= 0.3 is 5.97 Å². The molecule has 0 bridgehead atoms. The number of halogens is 3. The second kappa shape index (κ2) is 7.41. The molecule has 1 aliphatic carbocycles. The summed E-state index contributed by atoms with van der Waals surface area (Å²) in [7, 11) is 0. The van der Waals surface area contributed by atoms with E-state index >= 15 is 4.39 Å². The third kappa shape index (κ3) is 3.38. The van der Waals surface area contributed by atoms with E-state index in [9.17, 15) is 19.1 Å². The lowest BCUT2D eigenvalue weighted by molar-refractivity contribution is 0.0694. The van der Waals surface area contributed by atoms with E-state index in [4.69, 9.17) is 5.73 Å². The zero-order valence-corrected chi connectivity index (χ0v) is 15.1. The molecule has 7 nitrogen and oxygen atoms in total. The fourth-order valence-corrected chi connectivity index (χ4v) is 3.50. The zero-order valence-electron chi connectivity index (χ0n) is 14.2. The highest BCUT2D eigenvalue weighted by Crippen LogP contribution is 2.40. The van der Waals surface area contributed by atoms with Gasteiger partial charge in [0.15, 0.2) is 5.82 Å². The van der Waals surface area contributed by atoms with E-state index in [1.54, 1.807) is 4.90 Å². The summed E-state index contributed by atoms with van der Waals surface area (Å²) >= 11 is 0. The van der Waals surface area contributed by atoms with Gasteiger partial charge in [-0.3, -0.25) is 4.79 Å². The van der Waals surface area contributed by atoms with Crippen LogP contribution in [0, 0.1) is 11.6 Å². The number of carboxylic acid groups (broad SMARTS) is 1. The largest absolute Gasteiger partial charge is 0.477 e. The number of nitrogens with zero attached hydrogens (tertiary/aromatic N) is 2. The number of pyridine rings is 1. The van der Waals surface area contributed by atoms with Gasteiger partial charge in [0.05, 0.1) is 10.9 Å². The van der Waals surface area contributed by atoms with E-state index in [0.29, 0.717) is 19.5 Å². The molecule has 5 N–H and O–H groups in total. The molecular formula is C17H20ClF2N3O4. The summed E-state index contributed by atoms with van der Waals surface area (Å²) in [5, 5.41) is 8.98. The monoisotopic (exact) mass is 403 g/mol. The summed E-state index contributed by atoms with van der Waals surface area (Å²) in [6.07, 6.45) is 3.32. The minimum Gasteiger partial charge on any atom is -0.477 e. The van der Waals surface area contributed by atoms with E-state index in [1.165, 1.54) is 10.8 Å². The number of aromatic carboxylic acids is 1. The normalized spacial score (nSPS) is 18.9. The molecule has 4 rings (SSSR count). The first kappa shape index (κ1) is 21.1. The van der Waals surface area contributed by atoms with Crippen molar-refractivity contribution in [3.8, 4) is 0 Å². The Hall–Kier alpha value is -2.23. The van der Waals surface area contributed by atoms with Gasteiger partial charge in [-0.25, -0.2) is 13.6 Å². The number of hydrogen-bond acceptors (Lipinski definition) is 4. The van der Waals surface area contributed by atoms with Crippen LogP contribution in [0.5, 0.6) is 0 Å². The molecule has 148 valence electrons. The molecule has 0 radical (unpaired) electrons. The number of fused-ring (bicyclic) bond motifs is 1. The predicted molar refractivity (Wildman–Crippen MR) is 99.0 cm³/mol. The van der Waals surface area contributed by atoms with Crippen LogP contribution in [0.2, 0.25) is 0 Å². The summed E-state index contributed by atoms with van der Waals surface area (Å²) in [5.74, 6) is -3.11. The first-order valence-electron chi connectivity index (χ1n) is 8.19. The van der Waals surface area contributed by atoms with E-state index < -0.39 is 28.6 Å². The molecule has 10 heteroatoms. The SMILES string of the molecule is Cl.N[C@H]1CCN(c2c(F)cc3c(=O)c(C(=O)O)cn(C4CC4)c3c2F)C1.O. The molecule has 1 aliphatic heterocycles.